The molecule has 0 amide bonds. The van der Waals surface area contributed by atoms with Gasteiger partial charge in [0.2, 0.25) is 5.28 Å². The zero-order valence-electron chi connectivity index (χ0n) is 14.0. The number of ether oxygens (including phenoxy) is 2. The van der Waals surface area contributed by atoms with Crippen molar-refractivity contribution in [2.45, 2.75) is 25.9 Å². The van der Waals surface area contributed by atoms with Crippen LogP contribution >= 0.6 is 11.6 Å². The van der Waals surface area contributed by atoms with Crippen LogP contribution in [0.25, 0.3) is 11.2 Å². The summed E-state index contributed by atoms with van der Waals surface area (Å²) >= 11 is 6.15. The number of hydrogen-bond donors (Lipinski definition) is 0. The van der Waals surface area contributed by atoms with Crippen LogP contribution in [0, 0.1) is 0 Å². The molecule has 7 nitrogen and oxygen atoms in total. The predicted molar refractivity (Wildman–Crippen MR) is 89.0 cm³/mol. The van der Waals surface area contributed by atoms with Crippen LogP contribution in [0.4, 0.5) is 5.82 Å². The Morgan fingerprint density at radius 3 is 2.57 bits per heavy atom. The topological polar surface area (TPSA) is 65.3 Å². The van der Waals surface area contributed by atoms with E-state index in [2.05, 4.69) is 21.8 Å². The molecule has 0 bridgehead atoms. The number of nitrogens with zero attached hydrogens (tertiary/aromatic N) is 5. The molecule has 126 valence electrons. The van der Waals surface area contributed by atoms with Crippen molar-refractivity contribution in [2.75, 3.05) is 38.3 Å². The third kappa shape index (κ3) is 2.77. The maximum Gasteiger partial charge on any atom is 0.226 e. The van der Waals surface area contributed by atoms with Gasteiger partial charge < -0.3 is 18.9 Å². The molecule has 1 atom stereocenters. The molecule has 1 aliphatic heterocycles. The summed E-state index contributed by atoms with van der Waals surface area (Å²) in [4.78, 5) is 15.8. The van der Waals surface area contributed by atoms with Crippen molar-refractivity contribution in [1.82, 2.24) is 19.5 Å². The quantitative estimate of drug-likeness (QED) is 0.795. The van der Waals surface area contributed by atoms with Crippen LogP contribution in [-0.4, -0.2) is 52.9 Å². The minimum Gasteiger partial charge on any atom is -0.378 e. The summed E-state index contributed by atoms with van der Waals surface area (Å²) in [5.41, 5.74) is 0.994. The average molecular weight is 340 g/mol. The monoisotopic (exact) mass is 339 g/mol. The van der Waals surface area contributed by atoms with Crippen molar-refractivity contribution in [1.29, 1.82) is 0 Å². The molecule has 1 fully saturated rings. The molecule has 1 unspecified atom stereocenters. The number of rotatable bonds is 4. The van der Waals surface area contributed by atoms with Gasteiger partial charge in [-0.25, -0.2) is 4.98 Å². The summed E-state index contributed by atoms with van der Waals surface area (Å²) in [6.07, 6.45) is 0.800. The summed E-state index contributed by atoms with van der Waals surface area (Å²) in [5, 5.41) is 0.226. The van der Waals surface area contributed by atoms with Crippen LogP contribution < -0.4 is 4.90 Å². The molecule has 1 aliphatic rings. The summed E-state index contributed by atoms with van der Waals surface area (Å²) < 4.78 is 13.1. The Labute approximate surface area is 140 Å². The van der Waals surface area contributed by atoms with E-state index in [1.807, 2.05) is 18.5 Å². The molecular weight excluding hydrogens is 318 g/mol. The Kier molecular flexibility index (Phi) is 4.44. The Morgan fingerprint density at radius 2 is 1.96 bits per heavy atom. The molecular formula is C15H22ClN5O2. The number of imidazole rings is 1. The van der Waals surface area contributed by atoms with Gasteiger partial charge in [0.1, 0.15) is 11.4 Å². The summed E-state index contributed by atoms with van der Waals surface area (Å²) in [5.74, 6) is 1.59. The standard InChI is InChI=1S/C15H22ClN5O2/c1-5-15(2,22-4)13-17-10-11(20(13)3)18-14(16)19-12(10)21-6-8-23-9-7-21/h5-9H2,1-4H3. The van der Waals surface area contributed by atoms with Crippen molar-refractivity contribution < 1.29 is 9.47 Å². The smallest absolute Gasteiger partial charge is 0.226 e. The van der Waals surface area contributed by atoms with E-state index in [4.69, 9.17) is 26.1 Å². The van der Waals surface area contributed by atoms with E-state index in [0.717, 1.165) is 42.3 Å². The molecule has 2 aromatic rings. The lowest BCUT2D eigenvalue weighted by Crippen LogP contribution is -2.37. The molecule has 3 heterocycles. The van der Waals surface area contributed by atoms with E-state index < -0.39 is 5.60 Å². The van der Waals surface area contributed by atoms with Gasteiger partial charge in [0.15, 0.2) is 17.0 Å². The first-order chi connectivity index (χ1) is 11.0. The van der Waals surface area contributed by atoms with Crippen LogP contribution in [0.2, 0.25) is 5.28 Å². The fourth-order valence-electron chi connectivity index (χ4n) is 2.88. The number of anilines is 1. The number of morpholine rings is 1. The molecule has 8 heteroatoms. The first kappa shape index (κ1) is 16.4. The van der Waals surface area contributed by atoms with Gasteiger partial charge in [-0.2, -0.15) is 9.97 Å². The van der Waals surface area contributed by atoms with Gasteiger partial charge in [-0.3, -0.25) is 0 Å². The lowest BCUT2D eigenvalue weighted by molar-refractivity contribution is -0.0107. The van der Waals surface area contributed by atoms with Gasteiger partial charge in [0.25, 0.3) is 0 Å². The molecule has 2 aromatic heterocycles. The normalized spacial score (nSPS) is 18.4. The van der Waals surface area contributed by atoms with E-state index in [9.17, 15) is 0 Å². The second-order valence-electron chi connectivity index (χ2n) is 5.87. The van der Waals surface area contributed by atoms with Gasteiger partial charge in [-0.15, -0.1) is 0 Å². The van der Waals surface area contributed by atoms with Crippen LogP contribution in [0.15, 0.2) is 0 Å². The number of fused-ring (bicyclic) bond motifs is 1. The molecule has 0 radical (unpaired) electrons. The van der Waals surface area contributed by atoms with Crippen LogP contribution in [0.1, 0.15) is 26.1 Å². The van der Waals surface area contributed by atoms with Gasteiger partial charge in [0, 0.05) is 27.2 Å². The van der Waals surface area contributed by atoms with Crippen LogP contribution in [0.5, 0.6) is 0 Å². The summed E-state index contributed by atoms with van der Waals surface area (Å²) in [7, 11) is 3.63. The number of aromatic nitrogens is 4. The Bertz CT molecular complexity index is 707. The van der Waals surface area contributed by atoms with E-state index >= 15 is 0 Å². The minimum absolute atomic E-state index is 0.226. The molecule has 1 saturated heterocycles. The van der Waals surface area contributed by atoms with E-state index in [1.165, 1.54) is 0 Å². The highest BCUT2D eigenvalue weighted by molar-refractivity contribution is 6.28. The van der Waals surface area contributed by atoms with Crippen molar-refractivity contribution in [2.24, 2.45) is 7.05 Å². The second-order valence-corrected chi connectivity index (χ2v) is 6.21. The second kappa shape index (κ2) is 6.22. The highest BCUT2D eigenvalue weighted by Gasteiger charge is 2.32. The molecule has 23 heavy (non-hydrogen) atoms. The number of hydrogen-bond acceptors (Lipinski definition) is 6. The highest BCUT2D eigenvalue weighted by atomic mass is 35.5. The highest BCUT2D eigenvalue weighted by Crippen LogP contribution is 2.32. The summed E-state index contributed by atoms with van der Waals surface area (Å²) in [6.45, 7) is 6.98. The largest absolute Gasteiger partial charge is 0.378 e. The lowest BCUT2D eigenvalue weighted by atomic mass is 10.0. The molecule has 0 spiro atoms. The van der Waals surface area contributed by atoms with Crippen molar-refractivity contribution >= 4 is 28.6 Å². The van der Waals surface area contributed by atoms with E-state index in [1.54, 1.807) is 7.11 Å². The SMILES string of the molecule is CCC(C)(OC)c1nc2c(N3CCOCC3)nc(Cl)nc2n1C. The minimum atomic E-state index is -0.482. The fourth-order valence-corrected chi connectivity index (χ4v) is 3.04. The van der Waals surface area contributed by atoms with Crippen molar-refractivity contribution in [3.05, 3.63) is 11.1 Å². The van der Waals surface area contributed by atoms with Gasteiger partial charge in [-0.1, -0.05) is 6.92 Å². The maximum absolute atomic E-state index is 6.15. The first-order valence-corrected chi connectivity index (χ1v) is 8.16. The van der Waals surface area contributed by atoms with Crippen molar-refractivity contribution in [3.63, 3.8) is 0 Å². The third-order valence-corrected chi connectivity index (χ3v) is 4.75. The molecule has 0 N–H and O–H groups in total. The molecule has 0 saturated carbocycles. The summed E-state index contributed by atoms with van der Waals surface area (Å²) in [6, 6.07) is 0. The third-order valence-electron chi connectivity index (χ3n) is 4.58. The first-order valence-electron chi connectivity index (χ1n) is 7.78. The zero-order valence-corrected chi connectivity index (χ0v) is 14.7. The Balaban J connectivity index is 2.19. The number of aryl methyl sites for hydroxylation is 1. The molecule has 3 rings (SSSR count). The maximum atomic E-state index is 6.15. The lowest BCUT2D eigenvalue weighted by Gasteiger charge is -2.27. The van der Waals surface area contributed by atoms with Gasteiger partial charge >= 0.3 is 0 Å². The average Bonchev–Trinajstić information content (AvgIpc) is 2.92. The van der Waals surface area contributed by atoms with Gasteiger partial charge in [0.05, 0.1) is 13.2 Å². The van der Waals surface area contributed by atoms with E-state index in [-0.39, 0.29) is 5.28 Å². The predicted octanol–water partition coefficient (Wildman–Crippen LogP) is 2.12. The van der Waals surface area contributed by atoms with Crippen LogP contribution in [0.3, 0.4) is 0 Å². The zero-order chi connectivity index (χ0) is 16.6. The fraction of sp³-hybridized carbons (Fsp3) is 0.667. The van der Waals surface area contributed by atoms with Crippen LogP contribution in [-0.2, 0) is 22.1 Å². The molecule has 0 aliphatic carbocycles. The number of methoxy groups -OCH3 is 1. The van der Waals surface area contributed by atoms with Gasteiger partial charge in [-0.05, 0) is 24.9 Å². The number of halogens is 1. The molecule has 0 aromatic carbocycles. The Hall–Kier alpha value is -1.44. The van der Waals surface area contributed by atoms with Crippen molar-refractivity contribution in [3.8, 4) is 0 Å². The van der Waals surface area contributed by atoms with E-state index in [0.29, 0.717) is 13.2 Å². The Morgan fingerprint density at radius 1 is 1.26 bits per heavy atom.